The minimum atomic E-state index is -0.649. The number of carbonyl (C=O) groups is 2. The number of carbonyl (C=O) groups excluding carboxylic acids is 2. The van der Waals surface area contributed by atoms with Gasteiger partial charge in [-0.15, -0.1) is 0 Å². The molecule has 0 saturated carbocycles. The van der Waals surface area contributed by atoms with Crippen molar-refractivity contribution in [2.45, 2.75) is 65.5 Å². The number of hydrogen-bond donors (Lipinski definition) is 3. The van der Waals surface area contributed by atoms with Gasteiger partial charge in [-0.1, -0.05) is 13.8 Å². The van der Waals surface area contributed by atoms with Crippen molar-refractivity contribution >= 4 is 23.3 Å². The van der Waals surface area contributed by atoms with Crippen LogP contribution in [0.15, 0.2) is 54.6 Å². The van der Waals surface area contributed by atoms with Crippen LogP contribution in [0.3, 0.4) is 0 Å². The maximum atomic E-state index is 15.1. The van der Waals surface area contributed by atoms with E-state index in [1.165, 1.54) is 12.1 Å². The summed E-state index contributed by atoms with van der Waals surface area (Å²) in [5, 5.41) is 8.38. The van der Waals surface area contributed by atoms with Gasteiger partial charge in [-0.05, 0) is 94.6 Å². The SMILES string of the molecule is CCOc1cc(NC(=O)NC(CC)CC)ccc1Oc1ccc(NC(=O)c2ccc(OC3CCN(C)CC3)c(C)c2)c(F)c1. The van der Waals surface area contributed by atoms with Crippen LogP contribution in [0.2, 0.25) is 0 Å². The van der Waals surface area contributed by atoms with Crippen molar-refractivity contribution in [3.63, 3.8) is 0 Å². The third-order valence-electron chi connectivity index (χ3n) is 7.64. The molecule has 3 aromatic carbocycles. The van der Waals surface area contributed by atoms with Crippen LogP contribution >= 0.6 is 0 Å². The predicted molar refractivity (Wildman–Crippen MR) is 171 cm³/mol. The maximum absolute atomic E-state index is 15.1. The number of rotatable bonds is 12. The third-order valence-corrected chi connectivity index (χ3v) is 7.64. The number of piperidine rings is 1. The van der Waals surface area contributed by atoms with Crippen molar-refractivity contribution in [3.05, 3.63) is 71.5 Å². The molecule has 44 heavy (non-hydrogen) atoms. The molecular weight excluding hydrogens is 563 g/mol. The minimum Gasteiger partial charge on any atom is -0.490 e. The largest absolute Gasteiger partial charge is 0.490 e. The zero-order valence-electron chi connectivity index (χ0n) is 26.2. The van der Waals surface area contributed by atoms with Crippen LogP contribution in [0.1, 0.15) is 62.4 Å². The number of anilines is 2. The van der Waals surface area contributed by atoms with Crippen LogP contribution in [0.5, 0.6) is 23.0 Å². The molecule has 0 unspecified atom stereocenters. The Kier molecular flexibility index (Phi) is 11.4. The number of ether oxygens (including phenoxy) is 3. The molecule has 3 N–H and O–H groups in total. The molecule has 1 aliphatic heterocycles. The zero-order valence-corrected chi connectivity index (χ0v) is 26.2. The van der Waals surface area contributed by atoms with E-state index in [0.29, 0.717) is 29.4 Å². The van der Waals surface area contributed by atoms with Gasteiger partial charge in [0.05, 0.1) is 12.3 Å². The lowest BCUT2D eigenvalue weighted by Gasteiger charge is -2.29. The summed E-state index contributed by atoms with van der Waals surface area (Å²) in [6.45, 7) is 10.1. The number of nitrogens with one attached hydrogen (secondary N) is 3. The van der Waals surface area contributed by atoms with Crippen molar-refractivity contribution < 1.29 is 28.2 Å². The smallest absolute Gasteiger partial charge is 0.319 e. The van der Waals surface area contributed by atoms with Gasteiger partial charge in [-0.25, -0.2) is 9.18 Å². The van der Waals surface area contributed by atoms with E-state index in [2.05, 4.69) is 27.9 Å². The molecule has 236 valence electrons. The van der Waals surface area contributed by atoms with E-state index in [9.17, 15) is 9.59 Å². The van der Waals surface area contributed by atoms with E-state index in [1.54, 1.807) is 42.5 Å². The molecule has 0 radical (unpaired) electrons. The normalized spacial score (nSPS) is 13.8. The highest BCUT2D eigenvalue weighted by atomic mass is 19.1. The summed E-state index contributed by atoms with van der Waals surface area (Å²) in [5.41, 5.74) is 1.81. The van der Waals surface area contributed by atoms with E-state index >= 15 is 4.39 Å². The van der Waals surface area contributed by atoms with E-state index in [1.807, 2.05) is 27.7 Å². The molecular formula is C34H43FN4O5. The highest BCUT2D eigenvalue weighted by Gasteiger charge is 2.20. The highest BCUT2D eigenvalue weighted by Crippen LogP contribution is 2.35. The Bertz CT molecular complexity index is 1440. The number of benzene rings is 3. The number of amides is 3. The topological polar surface area (TPSA) is 101 Å². The molecule has 1 fully saturated rings. The number of halogens is 1. The Balaban J connectivity index is 1.39. The lowest BCUT2D eigenvalue weighted by Crippen LogP contribution is -2.37. The summed E-state index contributed by atoms with van der Waals surface area (Å²) in [4.78, 5) is 27.6. The summed E-state index contributed by atoms with van der Waals surface area (Å²) < 4.78 is 32.9. The first kappa shape index (κ1) is 32.6. The molecule has 4 rings (SSSR count). The number of likely N-dealkylation sites (tertiary alicyclic amines) is 1. The van der Waals surface area contributed by atoms with Crippen LogP contribution in [-0.4, -0.2) is 55.7 Å². The molecule has 0 atom stereocenters. The van der Waals surface area contributed by atoms with Gasteiger partial charge < -0.3 is 35.1 Å². The lowest BCUT2D eigenvalue weighted by molar-refractivity contribution is 0.102. The maximum Gasteiger partial charge on any atom is 0.319 e. The van der Waals surface area contributed by atoms with Crippen LogP contribution in [-0.2, 0) is 0 Å². The van der Waals surface area contributed by atoms with Gasteiger partial charge in [0.2, 0.25) is 0 Å². The first-order valence-electron chi connectivity index (χ1n) is 15.3. The predicted octanol–water partition coefficient (Wildman–Crippen LogP) is 7.36. The Morgan fingerprint density at radius 1 is 0.932 bits per heavy atom. The number of hydrogen-bond acceptors (Lipinski definition) is 6. The Hall–Kier alpha value is -4.31. The molecule has 1 heterocycles. The fourth-order valence-electron chi connectivity index (χ4n) is 4.97. The molecule has 10 heteroatoms. The van der Waals surface area contributed by atoms with Crippen LogP contribution in [0, 0.1) is 12.7 Å². The second kappa shape index (κ2) is 15.4. The van der Waals surface area contributed by atoms with E-state index in [4.69, 9.17) is 14.2 Å². The van der Waals surface area contributed by atoms with Crippen molar-refractivity contribution in [2.24, 2.45) is 0 Å². The van der Waals surface area contributed by atoms with Gasteiger partial charge in [0.1, 0.15) is 23.4 Å². The number of aryl methyl sites for hydroxylation is 1. The molecule has 0 aromatic heterocycles. The van der Waals surface area contributed by atoms with Crippen molar-refractivity contribution in [1.29, 1.82) is 0 Å². The summed E-state index contributed by atoms with van der Waals surface area (Å²) in [6.07, 6.45) is 3.75. The fraction of sp³-hybridized carbons (Fsp3) is 0.412. The fourth-order valence-corrected chi connectivity index (χ4v) is 4.97. The summed E-state index contributed by atoms with van der Waals surface area (Å²) >= 11 is 0. The van der Waals surface area contributed by atoms with Gasteiger partial charge in [0, 0.05) is 42.5 Å². The Labute approximate surface area is 259 Å². The van der Waals surface area contributed by atoms with Gasteiger partial charge in [-0.3, -0.25) is 4.79 Å². The van der Waals surface area contributed by atoms with Crippen molar-refractivity contribution in [2.75, 3.05) is 37.4 Å². The average molecular weight is 607 g/mol. The summed E-state index contributed by atoms with van der Waals surface area (Å²) in [5.74, 6) is 0.644. The number of nitrogens with zero attached hydrogens (tertiary/aromatic N) is 1. The Morgan fingerprint density at radius 3 is 2.32 bits per heavy atom. The molecule has 0 aliphatic carbocycles. The monoisotopic (exact) mass is 606 g/mol. The molecule has 1 aliphatic rings. The van der Waals surface area contributed by atoms with E-state index < -0.39 is 11.7 Å². The molecule has 1 saturated heterocycles. The molecule has 0 bridgehead atoms. The quantitative estimate of drug-likeness (QED) is 0.199. The van der Waals surface area contributed by atoms with Crippen LogP contribution in [0.25, 0.3) is 0 Å². The zero-order chi connectivity index (χ0) is 31.6. The van der Waals surface area contributed by atoms with E-state index in [-0.39, 0.29) is 29.6 Å². The Morgan fingerprint density at radius 2 is 1.66 bits per heavy atom. The van der Waals surface area contributed by atoms with Gasteiger partial charge >= 0.3 is 6.03 Å². The molecule has 0 spiro atoms. The van der Waals surface area contributed by atoms with Crippen LogP contribution < -0.4 is 30.2 Å². The average Bonchev–Trinajstić information content (AvgIpc) is 3.00. The summed E-state index contributed by atoms with van der Waals surface area (Å²) in [7, 11) is 2.10. The van der Waals surface area contributed by atoms with Crippen molar-refractivity contribution in [3.8, 4) is 23.0 Å². The minimum absolute atomic E-state index is 0.0275. The first-order valence-corrected chi connectivity index (χ1v) is 15.3. The number of urea groups is 1. The molecule has 3 amide bonds. The molecule has 3 aromatic rings. The van der Waals surface area contributed by atoms with Crippen LogP contribution in [0.4, 0.5) is 20.6 Å². The van der Waals surface area contributed by atoms with E-state index in [0.717, 1.165) is 50.1 Å². The van der Waals surface area contributed by atoms with Gasteiger partial charge in [0.15, 0.2) is 11.5 Å². The summed E-state index contributed by atoms with van der Waals surface area (Å²) in [6, 6.07) is 14.2. The van der Waals surface area contributed by atoms with Crippen molar-refractivity contribution in [1.82, 2.24) is 10.2 Å². The van der Waals surface area contributed by atoms with Gasteiger partial charge in [-0.2, -0.15) is 0 Å². The first-order chi connectivity index (χ1) is 21.2. The lowest BCUT2D eigenvalue weighted by atomic mass is 10.1. The highest BCUT2D eigenvalue weighted by molar-refractivity contribution is 6.04. The third kappa shape index (κ3) is 8.86. The second-order valence-corrected chi connectivity index (χ2v) is 11.0. The molecule has 9 nitrogen and oxygen atoms in total. The van der Waals surface area contributed by atoms with Gasteiger partial charge in [0.25, 0.3) is 5.91 Å². The standard InChI is InChI=1S/C34H43FN4O5/c1-6-24(7-2)36-34(41)37-25-10-14-31(32(20-25)42-8-3)44-27-11-12-29(28(35)21-27)38-33(40)23-9-13-30(22(4)19-23)43-26-15-17-39(5)18-16-26/h9-14,19-21,24,26H,6-8,15-18H2,1-5H3,(H,38,40)(H2,36,37,41). The second-order valence-electron chi connectivity index (χ2n) is 11.0.